The van der Waals surface area contributed by atoms with Crippen molar-refractivity contribution in [2.24, 2.45) is 0 Å². The van der Waals surface area contributed by atoms with E-state index in [1.807, 2.05) is 28.9 Å². The molecule has 19 heavy (non-hydrogen) atoms. The first-order valence-corrected chi connectivity index (χ1v) is 6.79. The largest absolute Gasteiger partial charge is 0.348 e. The second-order valence-corrected chi connectivity index (χ2v) is 5.47. The van der Waals surface area contributed by atoms with Gasteiger partial charge in [0.15, 0.2) is 0 Å². The van der Waals surface area contributed by atoms with Gasteiger partial charge < -0.3 is 15.0 Å². The number of nitrogens with zero attached hydrogens (tertiary/aromatic N) is 2. The standard InChI is InChI=1S/C14H16N4O/c19-14(17-12-7-10-2-3-11(12)16-10)9-1-4-13-15-5-6-18(13)8-9/h1,4-6,8,10-12,16H,2-3,7H2,(H,17,19). The van der Waals surface area contributed by atoms with Crippen LogP contribution in [0.4, 0.5) is 0 Å². The molecule has 2 N–H and O–H groups in total. The van der Waals surface area contributed by atoms with Crippen LogP contribution in [-0.4, -0.2) is 33.4 Å². The number of amides is 1. The predicted molar refractivity (Wildman–Crippen MR) is 71.0 cm³/mol. The molecule has 2 fully saturated rings. The fraction of sp³-hybridized carbons (Fsp3) is 0.429. The van der Waals surface area contributed by atoms with Crippen molar-refractivity contribution in [2.75, 3.05) is 0 Å². The highest BCUT2D eigenvalue weighted by Crippen LogP contribution is 2.28. The molecule has 2 bridgehead atoms. The Morgan fingerprint density at radius 3 is 3.16 bits per heavy atom. The minimum absolute atomic E-state index is 0.00921. The van der Waals surface area contributed by atoms with Crippen molar-refractivity contribution in [1.82, 2.24) is 20.0 Å². The maximum Gasteiger partial charge on any atom is 0.253 e. The van der Waals surface area contributed by atoms with Crippen LogP contribution >= 0.6 is 0 Å². The molecule has 2 aliphatic heterocycles. The average Bonchev–Trinajstić information content (AvgIpc) is 3.13. The van der Waals surface area contributed by atoms with Gasteiger partial charge >= 0.3 is 0 Å². The maximum atomic E-state index is 12.3. The molecule has 2 aromatic rings. The predicted octanol–water partition coefficient (Wildman–Crippen LogP) is 0.957. The van der Waals surface area contributed by atoms with Crippen LogP contribution in [0.3, 0.4) is 0 Å². The topological polar surface area (TPSA) is 58.4 Å². The highest BCUT2D eigenvalue weighted by Gasteiger charge is 2.39. The summed E-state index contributed by atoms with van der Waals surface area (Å²) in [5.41, 5.74) is 1.55. The van der Waals surface area contributed by atoms with E-state index in [1.54, 1.807) is 6.20 Å². The number of hydrogen-bond donors (Lipinski definition) is 2. The van der Waals surface area contributed by atoms with Gasteiger partial charge in [-0.1, -0.05) is 0 Å². The summed E-state index contributed by atoms with van der Waals surface area (Å²) in [6.07, 6.45) is 8.90. The van der Waals surface area contributed by atoms with Gasteiger partial charge in [0, 0.05) is 36.7 Å². The summed E-state index contributed by atoms with van der Waals surface area (Å²) in [5.74, 6) is 0.00921. The Hall–Kier alpha value is -1.88. The van der Waals surface area contributed by atoms with Gasteiger partial charge in [0.25, 0.3) is 5.91 Å². The van der Waals surface area contributed by atoms with Gasteiger partial charge in [0.1, 0.15) is 5.65 Å². The third kappa shape index (κ3) is 1.81. The average molecular weight is 256 g/mol. The number of carbonyl (C=O) groups is 1. The molecule has 1 amide bonds. The van der Waals surface area contributed by atoms with Gasteiger partial charge in [0.2, 0.25) is 0 Å². The lowest BCUT2D eigenvalue weighted by Crippen LogP contribution is -2.42. The molecule has 4 heterocycles. The fourth-order valence-electron chi connectivity index (χ4n) is 3.29. The fourth-order valence-corrected chi connectivity index (χ4v) is 3.29. The molecule has 0 saturated carbocycles. The zero-order chi connectivity index (χ0) is 12.8. The zero-order valence-corrected chi connectivity index (χ0v) is 10.5. The molecule has 0 aromatic carbocycles. The Bertz CT molecular complexity index is 635. The van der Waals surface area contributed by atoms with E-state index in [0.29, 0.717) is 17.6 Å². The lowest BCUT2D eigenvalue weighted by atomic mass is 9.95. The van der Waals surface area contributed by atoms with Crippen molar-refractivity contribution in [2.45, 2.75) is 37.4 Å². The molecule has 98 valence electrons. The van der Waals surface area contributed by atoms with E-state index in [-0.39, 0.29) is 11.9 Å². The number of hydrogen-bond acceptors (Lipinski definition) is 3. The van der Waals surface area contributed by atoms with Gasteiger partial charge in [-0.05, 0) is 31.4 Å². The molecule has 5 nitrogen and oxygen atoms in total. The first kappa shape index (κ1) is 11.0. The molecular weight excluding hydrogens is 240 g/mol. The first-order valence-electron chi connectivity index (χ1n) is 6.79. The second kappa shape index (κ2) is 4.06. The van der Waals surface area contributed by atoms with E-state index >= 15 is 0 Å². The highest BCUT2D eigenvalue weighted by molar-refractivity contribution is 5.94. The van der Waals surface area contributed by atoms with E-state index in [1.165, 1.54) is 12.8 Å². The molecule has 0 radical (unpaired) electrons. The number of nitrogens with one attached hydrogen (secondary N) is 2. The SMILES string of the molecule is O=C(NC1CC2CCC1N2)c1ccc2nccn2c1. The number of aromatic nitrogens is 2. The Balaban J connectivity index is 1.53. The molecule has 0 aliphatic carbocycles. The van der Waals surface area contributed by atoms with E-state index < -0.39 is 0 Å². The molecule has 5 heteroatoms. The quantitative estimate of drug-likeness (QED) is 0.841. The van der Waals surface area contributed by atoms with Crippen molar-refractivity contribution >= 4 is 11.6 Å². The van der Waals surface area contributed by atoms with Crippen LogP contribution in [0, 0.1) is 0 Å². The van der Waals surface area contributed by atoms with Gasteiger partial charge in [-0.2, -0.15) is 0 Å². The molecule has 2 aliphatic rings. The van der Waals surface area contributed by atoms with Crippen LogP contribution in [0.5, 0.6) is 0 Å². The third-order valence-corrected chi connectivity index (χ3v) is 4.27. The van der Waals surface area contributed by atoms with Crippen LogP contribution in [0.2, 0.25) is 0 Å². The van der Waals surface area contributed by atoms with Gasteiger partial charge in [-0.3, -0.25) is 4.79 Å². The van der Waals surface area contributed by atoms with Crippen LogP contribution in [0.1, 0.15) is 29.6 Å². The lowest BCUT2D eigenvalue weighted by molar-refractivity contribution is 0.0930. The molecule has 4 rings (SSSR count). The minimum Gasteiger partial charge on any atom is -0.348 e. The van der Waals surface area contributed by atoms with E-state index in [4.69, 9.17) is 0 Å². The number of fused-ring (bicyclic) bond motifs is 3. The van der Waals surface area contributed by atoms with E-state index in [0.717, 1.165) is 12.1 Å². The molecule has 3 unspecified atom stereocenters. The Kier molecular flexibility index (Phi) is 2.35. The smallest absolute Gasteiger partial charge is 0.253 e. The van der Waals surface area contributed by atoms with Gasteiger partial charge in [-0.15, -0.1) is 0 Å². The van der Waals surface area contributed by atoms with Gasteiger partial charge in [0.05, 0.1) is 5.56 Å². The van der Waals surface area contributed by atoms with Crippen LogP contribution in [0.25, 0.3) is 5.65 Å². The number of pyridine rings is 1. The molecule has 0 spiro atoms. The number of imidazole rings is 1. The van der Waals surface area contributed by atoms with Crippen molar-refractivity contribution in [3.8, 4) is 0 Å². The third-order valence-electron chi connectivity index (χ3n) is 4.27. The number of carbonyl (C=O) groups excluding carboxylic acids is 1. The molecule has 2 aromatic heterocycles. The summed E-state index contributed by atoms with van der Waals surface area (Å²) in [5, 5.41) is 6.68. The number of rotatable bonds is 2. The van der Waals surface area contributed by atoms with Crippen molar-refractivity contribution in [3.05, 3.63) is 36.3 Å². The van der Waals surface area contributed by atoms with Crippen molar-refractivity contribution < 1.29 is 4.79 Å². The van der Waals surface area contributed by atoms with Crippen LogP contribution in [0.15, 0.2) is 30.7 Å². The van der Waals surface area contributed by atoms with Gasteiger partial charge in [-0.25, -0.2) is 4.98 Å². The maximum absolute atomic E-state index is 12.3. The second-order valence-electron chi connectivity index (χ2n) is 5.47. The van der Waals surface area contributed by atoms with Crippen LogP contribution in [-0.2, 0) is 0 Å². The monoisotopic (exact) mass is 256 g/mol. The van der Waals surface area contributed by atoms with Crippen molar-refractivity contribution in [3.63, 3.8) is 0 Å². The van der Waals surface area contributed by atoms with E-state index in [2.05, 4.69) is 15.6 Å². The normalized spacial score (nSPS) is 28.9. The summed E-state index contributed by atoms with van der Waals surface area (Å²) < 4.78 is 1.87. The summed E-state index contributed by atoms with van der Waals surface area (Å²) in [4.78, 5) is 16.4. The highest BCUT2D eigenvalue weighted by atomic mass is 16.1. The van der Waals surface area contributed by atoms with Crippen LogP contribution < -0.4 is 10.6 Å². The summed E-state index contributed by atoms with van der Waals surface area (Å²) in [6.45, 7) is 0. The summed E-state index contributed by atoms with van der Waals surface area (Å²) in [7, 11) is 0. The Morgan fingerprint density at radius 1 is 1.42 bits per heavy atom. The zero-order valence-electron chi connectivity index (χ0n) is 10.5. The summed E-state index contributed by atoms with van der Waals surface area (Å²) in [6, 6.07) is 5.05. The first-order chi connectivity index (χ1) is 9.29. The molecule has 3 atom stereocenters. The Morgan fingerprint density at radius 2 is 2.37 bits per heavy atom. The lowest BCUT2D eigenvalue weighted by Gasteiger charge is -2.21. The summed E-state index contributed by atoms with van der Waals surface area (Å²) >= 11 is 0. The molecule has 2 saturated heterocycles. The minimum atomic E-state index is 0.00921. The Labute approximate surface area is 111 Å². The van der Waals surface area contributed by atoms with Crippen molar-refractivity contribution in [1.29, 1.82) is 0 Å². The molecular formula is C14H16N4O. The van der Waals surface area contributed by atoms with E-state index in [9.17, 15) is 4.79 Å².